The van der Waals surface area contributed by atoms with E-state index < -0.39 is 0 Å². The number of hydrogen-bond acceptors (Lipinski definition) is 3. The first-order chi connectivity index (χ1) is 12.1. The van der Waals surface area contributed by atoms with E-state index in [0.29, 0.717) is 6.42 Å². The maximum absolute atomic E-state index is 11.7. The van der Waals surface area contributed by atoms with Crippen LogP contribution in [0.5, 0.6) is 0 Å². The molecule has 0 aliphatic rings. The number of rotatable bonds is 12. The van der Waals surface area contributed by atoms with E-state index in [9.17, 15) is 9.59 Å². The predicted molar refractivity (Wildman–Crippen MR) is 105 cm³/mol. The van der Waals surface area contributed by atoms with Gasteiger partial charge in [0.2, 0.25) is 5.91 Å². The summed E-state index contributed by atoms with van der Waals surface area (Å²) < 4.78 is 0.945. The molecule has 0 unspecified atom stereocenters. The lowest BCUT2D eigenvalue weighted by Gasteiger charge is -2.04. The lowest BCUT2D eigenvalue weighted by Crippen LogP contribution is -2.34. The topological polar surface area (TPSA) is 70.6 Å². The fraction of sp³-hybridized carbons (Fsp3) is 0.526. The molecule has 2 N–H and O–H groups in total. The first kappa shape index (κ1) is 21.4. The van der Waals surface area contributed by atoms with Gasteiger partial charge in [0.25, 0.3) is 5.91 Å². The number of nitrogens with zero attached hydrogens (tertiary/aromatic N) is 1. The van der Waals surface area contributed by atoms with Crippen molar-refractivity contribution in [3.8, 4) is 0 Å². The number of unbranched alkanes of at least 4 members (excludes halogenated alkanes) is 6. The second-order valence-electron chi connectivity index (χ2n) is 6.00. The molecule has 0 saturated carbocycles. The highest BCUT2D eigenvalue weighted by Crippen LogP contribution is 2.10. The number of halogens is 1. The van der Waals surface area contributed by atoms with Crippen molar-refractivity contribution in [2.45, 2.75) is 58.3 Å². The van der Waals surface area contributed by atoms with Gasteiger partial charge in [-0.1, -0.05) is 73.5 Å². The van der Waals surface area contributed by atoms with Crippen molar-refractivity contribution >= 4 is 34.0 Å². The summed E-state index contributed by atoms with van der Waals surface area (Å²) in [6.07, 6.45) is 10.2. The maximum atomic E-state index is 11.7. The number of amides is 2. The minimum atomic E-state index is -0.334. The third kappa shape index (κ3) is 11.5. The first-order valence-electron chi connectivity index (χ1n) is 8.96. The molecule has 2 amide bonds. The highest BCUT2D eigenvalue weighted by Gasteiger charge is 2.04. The summed E-state index contributed by atoms with van der Waals surface area (Å²) in [5.41, 5.74) is 3.28. The molecule has 0 bridgehead atoms. The molecular weight excluding hydrogens is 382 g/mol. The van der Waals surface area contributed by atoms with Gasteiger partial charge < -0.3 is 5.32 Å². The Kier molecular flexibility index (Phi) is 11.6. The van der Waals surface area contributed by atoms with Crippen molar-refractivity contribution in [2.24, 2.45) is 5.10 Å². The van der Waals surface area contributed by atoms with Gasteiger partial charge in [-0.3, -0.25) is 9.59 Å². The summed E-state index contributed by atoms with van der Waals surface area (Å²) in [6, 6.07) is 7.57. The van der Waals surface area contributed by atoms with Crippen molar-refractivity contribution in [2.75, 3.05) is 6.54 Å². The zero-order valence-electron chi connectivity index (χ0n) is 14.9. The van der Waals surface area contributed by atoms with E-state index in [0.717, 1.165) is 22.9 Å². The van der Waals surface area contributed by atoms with Crippen molar-refractivity contribution in [3.05, 3.63) is 34.3 Å². The molecule has 1 aromatic carbocycles. The third-order valence-corrected chi connectivity index (χ3v) is 4.20. The Balaban J connectivity index is 2.08. The van der Waals surface area contributed by atoms with Crippen LogP contribution in [-0.2, 0) is 9.59 Å². The second-order valence-corrected chi connectivity index (χ2v) is 6.91. The number of hydrazone groups is 1. The summed E-state index contributed by atoms with van der Waals surface area (Å²) in [6.45, 7) is 2.15. The molecule has 0 radical (unpaired) electrons. The summed E-state index contributed by atoms with van der Waals surface area (Å²) in [5.74, 6) is -0.418. The molecule has 6 heteroatoms. The molecule has 0 aromatic heterocycles. The van der Waals surface area contributed by atoms with Gasteiger partial charge in [0.05, 0.1) is 12.8 Å². The zero-order valence-corrected chi connectivity index (χ0v) is 16.5. The van der Waals surface area contributed by atoms with Gasteiger partial charge in [-0.05, 0) is 24.1 Å². The Hall–Kier alpha value is -1.69. The van der Waals surface area contributed by atoms with Crippen molar-refractivity contribution < 1.29 is 9.59 Å². The van der Waals surface area contributed by atoms with Crippen molar-refractivity contribution in [1.82, 2.24) is 10.7 Å². The maximum Gasteiger partial charge on any atom is 0.259 e. The summed E-state index contributed by atoms with van der Waals surface area (Å²) in [7, 11) is 0. The molecule has 138 valence electrons. The molecule has 1 aromatic rings. The van der Waals surface area contributed by atoms with Crippen LogP contribution in [0.4, 0.5) is 0 Å². The number of nitrogens with one attached hydrogen (secondary N) is 2. The molecule has 5 nitrogen and oxygen atoms in total. The number of hydrogen-bond donors (Lipinski definition) is 2. The minimum Gasteiger partial charge on any atom is -0.347 e. The van der Waals surface area contributed by atoms with Crippen LogP contribution in [0.15, 0.2) is 33.8 Å². The van der Waals surface area contributed by atoms with E-state index in [4.69, 9.17) is 0 Å². The van der Waals surface area contributed by atoms with Gasteiger partial charge in [0, 0.05) is 10.9 Å². The Morgan fingerprint density at radius 3 is 2.52 bits per heavy atom. The van der Waals surface area contributed by atoms with Gasteiger partial charge in [-0.25, -0.2) is 5.43 Å². The SMILES string of the molecule is CCCCCCCCCC(=O)NCC(=O)N/N=C/c1cccc(Br)c1. The van der Waals surface area contributed by atoms with Crippen LogP contribution < -0.4 is 10.7 Å². The lowest BCUT2D eigenvalue weighted by atomic mass is 10.1. The quantitative estimate of drug-likeness (QED) is 0.309. The van der Waals surface area contributed by atoms with Gasteiger partial charge in [-0.15, -0.1) is 0 Å². The minimum absolute atomic E-state index is 0.0504. The predicted octanol–water partition coefficient (Wildman–Crippen LogP) is 4.16. The second kappa shape index (κ2) is 13.6. The van der Waals surface area contributed by atoms with Crippen LogP contribution in [-0.4, -0.2) is 24.6 Å². The van der Waals surface area contributed by atoms with E-state index in [-0.39, 0.29) is 18.4 Å². The number of carbonyl (C=O) groups excluding carboxylic acids is 2. The molecule has 0 spiro atoms. The van der Waals surface area contributed by atoms with E-state index in [1.807, 2.05) is 24.3 Å². The molecular formula is C19H28BrN3O2. The van der Waals surface area contributed by atoms with Gasteiger partial charge in [0.1, 0.15) is 0 Å². The highest BCUT2D eigenvalue weighted by molar-refractivity contribution is 9.10. The number of benzene rings is 1. The Morgan fingerprint density at radius 1 is 1.08 bits per heavy atom. The fourth-order valence-corrected chi connectivity index (χ4v) is 2.73. The molecule has 1 rings (SSSR count). The largest absolute Gasteiger partial charge is 0.347 e. The molecule has 0 aliphatic heterocycles. The van der Waals surface area contributed by atoms with Crippen LogP contribution in [0.25, 0.3) is 0 Å². The average molecular weight is 410 g/mol. The van der Waals surface area contributed by atoms with E-state index in [2.05, 4.69) is 38.7 Å². The molecule has 0 atom stereocenters. The lowest BCUT2D eigenvalue weighted by molar-refractivity contribution is -0.126. The van der Waals surface area contributed by atoms with Crippen LogP contribution in [0.1, 0.15) is 63.9 Å². The fourth-order valence-electron chi connectivity index (χ4n) is 2.32. The Morgan fingerprint density at radius 2 is 1.80 bits per heavy atom. The zero-order chi connectivity index (χ0) is 18.3. The van der Waals surface area contributed by atoms with E-state index in [1.54, 1.807) is 6.21 Å². The van der Waals surface area contributed by atoms with Crippen LogP contribution in [0.2, 0.25) is 0 Å². The monoisotopic (exact) mass is 409 g/mol. The van der Waals surface area contributed by atoms with Crippen molar-refractivity contribution in [1.29, 1.82) is 0 Å². The van der Waals surface area contributed by atoms with E-state index in [1.165, 1.54) is 32.1 Å². The van der Waals surface area contributed by atoms with Crippen LogP contribution in [0, 0.1) is 0 Å². The molecule has 0 fully saturated rings. The smallest absolute Gasteiger partial charge is 0.259 e. The highest BCUT2D eigenvalue weighted by atomic mass is 79.9. The molecule has 25 heavy (non-hydrogen) atoms. The Bertz CT molecular complexity index is 561. The van der Waals surface area contributed by atoms with Crippen LogP contribution >= 0.6 is 15.9 Å². The molecule has 0 saturated heterocycles. The summed E-state index contributed by atoms with van der Waals surface area (Å²) in [5, 5.41) is 6.49. The van der Waals surface area contributed by atoms with Crippen LogP contribution in [0.3, 0.4) is 0 Å². The van der Waals surface area contributed by atoms with Gasteiger partial charge in [0.15, 0.2) is 0 Å². The Labute approximate surface area is 158 Å². The normalized spacial score (nSPS) is 10.8. The molecule has 0 aliphatic carbocycles. The van der Waals surface area contributed by atoms with Gasteiger partial charge >= 0.3 is 0 Å². The molecule has 0 heterocycles. The van der Waals surface area contributed by atoms with Crippen molar-refractivity contribution in [3.63, 3.8) is 0 Å². The van der Waals surface area contributed by atoms with E-state index >= 15 is 0 Å². The standard InChI is InChI=1S/C19H28BrN3O2/c1-2-3-4-5-6-7-8-12-18(24)21-15-19(25)23-22-14-16-10-9-11-17(20)13-16/h9-11,13-14H,2-8,12,15H2,1H3,(H,21,24)(H,23,25)/b22-14+. The number of carbonyl (C=O) groups is 2. The first-order valence-corrected chi connectivity index (χ1v) is 9.75. The third-order valence-electron chi connectivity index (χ3n) is 3.71. The summed E-state index contributed by atoms with van der Waals surface area (Å²) in [4.78, 5) is 23.3. The van der Waals surface area contributed by atoms with Gasteiger partial charge in [-0.2, -0.15) is 5.10 Å². The summed E-state index contributed by atoms with van der Waals surface area (Å²) >= 11 is 3.37. The average Bonchev–Trinajstić information content (AvgIpc) is 2.59.